The van der Waals surface area contributed by atoms with Gasteiger partial charge in [-0.25, -0.2) is 4.98 Å². The lowest BCUT2D eigenvalue weighted by Gasteiger charge is -2.12. The van der Waals surface area contributed by atoms with Crippen LogP contribution in [0, 0.1) is 0 Å². The summed E-state index contributed by atoms with van der Waals surface area (Å²) in [4.78, 5) is 20.0. The van der Waals surface area contributed by atoms with Gasteiger partial charge in [-0.3, -0.25) is 4.79 Å². The molecule has 2 aromatic heterocycles. The van der Waals surface area contributed by atoms with E-state index in [1.165, 1.54) is 5.57 Å². The average Bonchev–Trinajstić information content (AvgIpc) is 2.66. The highest BCUT2D eigenvalue weighted by molar-refractivity contribution is 9.10. The van der Waals surface area contributed by atoms with Gasteiger partial charge in [-0.1, -0.05) is 53.6 Å². The largest absolute Gasteiger partial charge is 0.369 e. The predicted molar refractivity (Wildman–Crippen MR) is 118 cm³/mol. The molecule has 140 valence electrons. The van der Waals surface area contributed by atoms with Crippen molar-refractivity contribution in [3.63, 3.8) is 0 Å². The number of benzene rings is 1. The third kappa shape index (κ3) is 4.48. The zero-order chi connectivity index (χ0) is 19.2. The molecule has 0 unspecified atom stereocenters. The number of halogens is 1. The van der Waals surface area contributed by atoms with Gasteiger partial charge < -0.3 is 10.3 Å². The Hall–Kier alpha value is -2.40. The van der Waals surface area contributed by atoms with Crippen LogP contribution in [0.5, 0.6) is 0 Å². The lowest BCUT2D eigenvalue weighted by molar-refractivity contribution is 0.998. The third-order valence-electron chi connectivity index (χ3n) is 4.42. The van der Waals surface area contributed by atoms with E-state index in [4.69, 9.17) is 4.98 Å². The Morgan fingerprint density at radius 3 is 2.85 bits per heavy atom. The van der Waals surface area contributed by atoms with Crippen molar-refractivity contribution in [2.45, 2.75) is 33.1 Å². The van der Waals surface area contributed by atoms with Crippen LogP contribution in [-0.2, 0) is 0 Å². The molecule has 0 spiro atoms. The highest BCUT2D eigenvalue weighted by Gasteiger charge is 2.11. The fourth-order valence-corrected chi connectivity index (χ4v) is 3.54. The summed E-state index contributed by atoms with van der Waals surface area (Å²) in [5.74, 6) is 0.751. The number of rotatable bonds is 7. The average molecular weight is 426 g/mol. The van der Waals surface area contributed by atoms with Gasteiger partial charge in [0.05, 0.1) is 10.9 Å². The van der Waals surface area contributed by atoms with E-state index < -0.39 is 0 Å². The molecule has 0 amide bonds. The quantitative estimate of drug-likeness (QED) is 0.363. The lowest BCUT2D eigenvalue weighted by atomic mass is 10.1. The molecule has 2 heterocycles. The van der Waals surface area contributed by atoms with E-state index in [-0.39, 0.29) is 5.56 Å². The van der Waals surface area contributed by atoms with Crippen molar-refractivity contribution in [3.8, 4) is 0 Å². The van der Waals surface area contributed by atoms with Crippen LogP contribution >= 0.6 is 15.9 Å². The van der Waals surface area contributed by atoms with Crippen molar-refractivity contribution in [1.29, 1.82) is 0 Å². The second-order valence-corrected chi connectivity index (χ2v) is 7.31. The maximum Gasteiger partial charge on any atom is 0.256 e. The monoisotopic (exact) mass is 425 g/mol. The molecule has 27 heavy (non-hydrogen) atoms. The number of anilines is 1. The molecule has 3 rings (SSSR count). The Labute approximate surface area is 167 Å². The molecule has 1 aromatic carbocycles. The SMILES string of the molecule is CC/C=C\C(=C/CC)CCNc1nc2ccc(Br)cc2c2c(=O)[nH]ccc12. The fourth-order valence-electron chi connectivity index (χ4n) is 3.17. The summed E-state index contributed by atoms with van der Waals surface area (Å²) in [6.07, 6.45) is 11.3. The van der Waals surface area contributed by atoms with Crippen LogP contribution in [0.4, 0.5) is 5.82 Å². The van der Waals surface area contributed by atoms with E-state index in [0.29, 0.717) is 5.39 Å². The highest BCUT2D eigenvalue weighted by Crippen LogP contribution is 2.28. The maximum atomic E-state index is 12.5. The normalized spacial score (nSPS) is 12.3. The van der Waals surface area contributed by atoms with Crippen LogP contribution in [0.1, 0.15) is 33.1 Å². The first-order chi connectivity index (χ1) is 13.1. The number of aromatic nitrogens is 2. The molecule has 0 bridgehead atoms. The number of H-pyrrole nitrogens is 1. The van der Waals surface area contributed by atoms with E-state index in [0.717, 1.165) is 52.4 Å². The second kappa shape index (κ2) is 9.00. The summed E-state index contributed by atoms with van der Waals surface area (Å²) in [6.45, 7) is 5.05. The molecule has 0 saturated carbocycles. The van der Waals surface area contributed by atoms with Gasteiger partial charge in [0, 0.05) is 28.0 Å². The molecular weight excluding hydrogens is 402 g/mol. The molecule has 2 N–H and O–H groups in total. The number of nitrogens with zero attached hydrogens (tertiary/aromatic N) is 1. The molecule has 0 aliphatic heterocycles. The van der Waals surface area contributed by atoms with Gasteiger partial charge in [-0.2, -0.15) is 0 Å². The lowest BCUT2D eigenvalue weighted by Crippen LogP contribution is -2.10. The van der Waals surface area contributed by atoms with E-state index >= 15 is 0 Å². The Morgan fingerprint density at radius 2 is 2.07 bits per heavy atom. The zero-order valence-electron chi connectivity index (χ0n) is 15.7. The Morgan fingerprint density at radius 1 is 1.22 bits per heavy atom. The predicted octanol–water partition coefficient (Wildman–Crippen LogP) is 5.94. The van der Waals surface area contributed by atoms with Gasteiger partial charge >= 0.3 is 0 Å². The number of allylic oxidation sites excluding steroid dienone is 3. The van der Waals surface area contributed by atoms with Gasteiger partial charge in [0.2, 0.25) is 0 Å². The number of hydrogen-bond acceptors (Lipinski definition) is 3. The number of aromatic amines is 1. The molecule has 0 aliphatic rings. The number of fused-ring (bicyclic) bond motifs is 3. The molecule has 3 aromatic rings. The zero-order valence-corrected chi connectivity index (χ0v) is 17.3. The standard InChI is InChI=1S/C22H24BrN3O/c1-3-5-7-15(6-4-2)10-12-24-21-17-11-13-25-22(27)20(17)18-14-16(23)8-9-19(18)26-21/h5-9,11,13-14H,3-4,10,12H2,1-2H3,(H,24,26)(H,25,27)/b7-5-,15-6+. The molecular formula is C22H24BrN3O. The number of pyridine rings is 2. The molecule has 0 saturated heterocycles. The van der Waals surface area contributed by atoms with Gasteiger partial charge in [0.1, 0.15) is 5.82 Å². The fraction of sp³-hybridized carbons (Fsp3) is 0.273. The molecule has 0 aliphatic carbocycles. The van der Waals surface area contributed by atoms with Gasteiger partial charge in [0.25, 0.3) is 5.56 Å². The summed E-state index contributed by atoms with van der Waals surface area (Å²) in [6, 6.07) is 7.73. The summed E-state index contributed by atoms with van der Waals surface area (Å²) < 4.78 is 0.930. The van der Waals surface area contributed by atoms with Crippen LogP contribution in [0.25, 0.3) is 21.7 Å². The highest BCUT2D eigenvalue weighted by atomic mass is 79.9. The summed E-state index contributed by atoms with van der Waals surface area (Å²) in [5, 5.41) is 5.80. The molecule has 0 fully saturated rings. The Bertz CT molecular complexity index is 1070. The minimum absolute atomic E-state index is 0.0986. The molecule has 0 radical (unpaired) electrons. The number of hydrogen-bond donors (Lipinski definition) is 2. The smallest absolute Gasteiger partial charge is 0.256 e. The van der Waals surface area contributed by atoms with E-state index in [1.807, 2.05) is 24.3 Å². The van der Waals surface area contributed by atoms with Crippen LogP contribution in [-0.4, -0.2) is 16.5 Å². The van der Waals surface area contributed by atoms with Crippen LogP contribution in [0.3, 0.4) is 0 Å². The first kappa shape index (κ1) is 19.4. The summed E-state index contributed by atoms with van der Waals surface area (Å²) >= 11 is 3.49. The van der Waals surface area contributed by atoms with Crippen molar-refractivity contribution >= 4 is 43.4 Å². The van der Waals surface area contributed by atoms with E-state index in [9.17, 15) is 4.79 Å². The second-order valence-electron chi connectivity index (χ2n) is 6.39. The third-order valence-corrected chi connectivity index (χ3v) is 4.91. The van der Waals surface area contributed by atoms with Crippen molar-refractivity contribution in [3.05, 3.63) is 69.1 Å². The van der Waals surface area contributed by atoms with Gasteiger partial charge in [0.15, 0.2) is 0 Å². The Balaban J connectivity index is 1.96. The summed E-state index contributed by atoms with van der Waals surface area (Å²) in [7, 11) is 0. The topological polar surface area (TPSA) is 57.8 Å². The molecule has 4 nitrogen and oxygen atoms in total. The number of nitrogens with one attached hydrogen (secondary N) is 2. The molecule has 5 heteroatoms. The summed E-state index contributed by atoms with van der Waals surface area (Å²) in [5.41, 5.74) is 2.03. The van der Waals surface area contributed by atoms with Crippen molar-refractivity contribution in [2.75, 3.05) is 11.9 Å². The first-order valence-electron chi connectivity index (χ1n) is 9.34. The van der Waals surface area contributed by atoms with Crippen molar-refractivity contribution in [1.82, 2.24) is 9.97 Å². The maximum absolute atomic E-state index is 12.5. The van der Waals surface area contributed by atoms with Crippen LogP contribution < -0.4 is 10.9 Å². The first-order valence-corrected chi connectivity index (χ1v) is 10.1. The van der Waals surface area contributed by atoms with Crippen LogP contribution in [0.15, 0.2) is 63.5 Å². The minimum atomic E-state index is -0.0986. The Kier molecular flexibility index (Phi) is 6.45. The van der Waals surface area contributed by atoms with E-state index in [1.54, 1.807) is 6.20 Å². The minimum Gasteiger partial charge on any atom is -0.369 e. The van der Waals surface area contributed by atoms with Crippen molar-refractivity contribution in [2.24, 2.45) is 0 Å². The molecule has 0 atom stereocenters. The van der Waals surface area contributed by atoms with Crippen LogP contribution in [0.2, 0.25) is 0 Å². The van der Waals surface area contributed by atoms with Gasteiger partial charge in [-0.05, 0) is 43.5 Å². The van der Waals surface area contributed by atoms with Gasteiger partial charge in [-0.15, -0.1) is 0 Å². The van der Waals surface area contributed by atoms with Crippen molar-refractivity contribution < 1.29 is 0 Å². The van der Waals surface area contributed by atoms with E-state index in [2.05, 4.69) is 58.3 Å².